The van der Waals surface area contributed by atoms with E-state index in [1.807, 2.05) is 0 Å². The normalized spacial score (nSPS) is 15.6. The molecule has 0 spiro atoms. The van der Waals surface area contributed by atoms with Crippen LogP contribution in [-0.2, 0) is 30.6 Å². The van der Waals surface area contributed by atoms with E-state index in [0.29, 0.717) is 18.4 Å². The zero-order chi connectivity index (χ0) is 21.1. The molecule has 3 aromatic rings. The van der Waals surface area contributed by atoms with Gasteiger partial charge < -0.3 is 9.84 Å². The van der Waals surface area contributed by atoms with Crippen molar-refractivity contribution in [2.24, 2.45) is 0 Å². The Morgan fingerprint density at radius 2 is 1.60 bits per heavy atom. The van der Waals surface area contributed by atoms with Gasteiger partial charge in [0.1, 0.15) is 11.9 Å². The largest absolute Gasteiger partial charge is 0.458 e. The monoisotopic (exact) mass is 404 g/mol. The molecule has 3 aromatic carbocycles. The number of benzene rings is 3. The van der Waals surface area contributed by atoms with E-state index in [1.165, 1.54) is 28.3 Å². The van der Waals surface area contributed by atoms with Gasteiger partial charge in [-0.1, -0.05) is 67.6 Å². The van der Waals surface area contributed by atoms with Gasteiger partial charge in [-0.25, -0.2) is 9.18 Å². The van der Waals surface area contributed by atoms with Crippen molar-refractivity contribution in [3.63, 3.8) is 0 Å². The van der Waals surface area contributed by atoms with Gasteiger partial charge in [-0.15, -0.1) is 0 Å². The van der Waals surface area contributed by atoms with Crippen molar-refractivity contribution in [2.45, 2.75) is 45.3 Å². The third-order valence-electron chi connectivity index (χ3n) is 5.81. The summed E-state index contributed by atoms with van der Waals surface area (Å²) in [7, 11) is 0. The summed E-state index contributed by atoms with van der Waals surface area (Å²) in [6.45, 7) is 1.71. The van der Waals surface area contributed by atoms with Crippen LogP contribution in [0.5, 0.6) is 0 Å². The van der Waals surface area contributed by atoms with Crippen LogP contribution in [0.1, 0.15) is 46.0 Å². The lowest BCUT2D eigenvalue weighted by atomic mass is 9.93. The number of aryl methyl sites for hydroxylation is 2. The van der Waals surface area contributed by atoms with Crippen molar-refractivity contribution in [3.8, 4) is 11.1 Å². The summed E-state index contributed by atoms with van der Waals surface area (Å²) in [4.78, 5) is 12.3. The topological polar surface area (TPSA) is 46.5 Å². The molecule has 0 bridgehead atoms. The van der Waals surface area contributed by atoms with E-state index in [9.17, 15) is 14.3 Å². The van der Waals surface area contributed by atoms with Gasteiger partial charge in [0, 0.05) is 12.0 Å². The van der Waals surface area contributed by atoms with Gasteiger partial charge in [0.2, 0.25) is 0 Å². The van der Waals surface area contributed by atoms with Gasteiger partial charge in [0.15, 0.2) is 0 Å². The molecule has 0 aliphatic carbocycles. The van der Waals surface area contributed by atoms with Crippen LogP contribution in [0, 0.1) is 5.82 Å². The highest BCUT2D eigenvalue weighted by Crippen LogP contribution is 2.28. The standard InChI is InChI=1S/C26H25FO3/c1-2-17-3-8-19(9-4-17)20-10-5-18(6-11-20)7-14-23-15-21-12-13-22(16-28)25(27)24(21)26(29)30-23/h3-6,8-13,23,28H,2,7,14-16H2,1H3. The van der Waals surface area contributed by atoms with Gasteiger partial charge in [0.05, 0.1) is 12.2 Å². The number of aliphatic hydroxyl groups excluding tert-OH is 1. The lowest BCUT2D eigenvalue weighted by Gasteiger charge is -2.25. The highest BCUT2D eigenvalue weighted by molar-refractivity contribution is 5.92. The molecule has 1 heterocycles. The van der Waals surface area contributed by atoms with Crippen molar-refractivity contribution in [1.29, 1.82) is 0 Å². The molecular formula is C26H25FO3. The number of fused-ring (bicyclic) bond motifs is 1. The molecule has 0 aromatic heterocycles. The van der Waals surface area contributed by atoms with Crippen molar-refractivity contribution in [2.75, 3.05) is 0 Å². The molecular weight excluding hydrogens is 379 g/mol. The summed E-state index contributed by atoms with van der Waals surface area (Å²) < 4.78 is 19.8. The Hall–Kier alpha value is -2.98. The number of cyclic esters (lactones) is 1. The molecule has 0 fully saturated rings. The minimum atomic E-state index is -0.666. The zero-order valence-electron chi connectivity index (χ0n) is 17.0. The minimum absolute atomic E-state index is 0.0313. The molecule has 1 aliphatic rings. The average molecular weight is 404 g/mol. The van der Waals surface area contributed by atoms with Crippen LogP contribution in [0.15, 0.2) is 60.7 Å². The SMILES string of the molecule is CCc1ccc(-c2ccc(CCC3Cc4ccc(CO)c(F)c4C(=O)O3)cc2)cc1. The number of halogens is 1. The van der Waals surface area contributed by atoms with E-state index in [1.54, 1.807) is 6.07 Å². The minimum Gasteiger partial charge on any atom is -0.458 e. The molecule has 30 heavy (non-hydrogen) atoms. The quantitative estimate of drug-likeness (QED) is 0.570. The van der Waals surface area contributed by atoms with Crippen LogP contribution in [0.2, 0.25) is 0 Å². The lowest BCUT2D eigenvalue weighted by molar-refractivity contribution is 0.0231. The summed E-state index contributed by atoms with van der Waals surface area (Å²) in [6.07, 6.45) is 2.71. The third-order valence-corrected chi connectivity index (χ3v) is 5.81. The maximum absolute atomic E-state index is 14.3. The number of ether oxygens (including phenoxy) is 1. The molecule has 1 N–H and O–H groups in total. The Morgan fingerprint density at radius 1 is 0.967 bits per heavy atom. The fourth-order valence-electron chi connectivity index (χ4n) is 3.95. The smallest absolute Gasteiger partial charge is 0.341 e. The fourth-order valence-corrected chi connectivity index (χ4v) is 3.95. The molecule has 1 atom stereocenters. The summed E-state index contributed by atoms with van der Waals surface area (Å²) in [5.41, 5.74) is 5.61. The highest BCUT2D eigenvalue weighted by Gasteiger charge is 2.30. The lowest BCUT2D eigenvalue weighted by Crippen LogP contribution is -2.29. The Bertz CT molecular complexity index is 1040. The molecule has 1 aliphatic heterocycles. The molecule has 3 nitrogen and oxygen atoms in total. The van der Waals surface area contributed by atoms with Crippen molar-refractivity contribution in [3.05, 3.63) is 94.3 Å². The fraction of sp³-hybridized carbons (Fsp3) is 0.269. The predicted octanol–water partition coefficient (Wildman–Crippen LogP) is 5.26. The van der Waals surface area contributed by atoms with E-state index in [0.717, 1.165) is 12.8 Å². The van der Waals surface area contributed by atoms with E-state index in [-0.39, 0.29) is 17.2 Å². The maximum atomic E-state index is 14.3. The molecule has 0 radical (unpaired) electrons. The molecule has 0 saturated carbocycles. The van der Waals surface area contributed by atoms with Gasteiger partial charge >= 0.3 is 5.97 Å². The molecule has 0 amide bonds. The first kappa shape index (κ1) is 20.3. The number of hydrogen-bond acceptors (Lipinski definition) is 3. The van der Waals surface area contributed by atoms with E-state index >= 15 is 0 Å². The van der Waals surface area contributed by atoms with Crippen molar-refractivity contribution < 1.29 is 19.0 Å². The zero-order valence-corrected chi connectivity index (χ0v) is 17.0. The molecule has 4 rings (SSSR count). The van der Waals surface area contributed by atoms with Crippen LogP contribution in [0.25, 0.3) is 11.1 Å². The maximum Gasteiger partial charge on any atom is 0.341 e. The second-order valence-electron chi connectivity index (χ2n) is 7.75. The van der Waals surface area contributed by atoms with E-state index < -0.39 is 18.4 Å². The second kappa shape index (κ2) is 8.80. The first-order valence-corrected chi connectivity index (χ1v) is 10.4. The van der Waals surface area contributed by atoms with E-state index in [2.05, 4.69) is 55.5 Å². The van der Waals surface area contributed by atoms with Gasteiger partial charge in [0.25, 0.3) is 0 Å². The number of esters is 1. The third kappa shape index (κ3) is 4.14. The number of hydrogen-bond donors (Lipinski definition) is 1. The Kier molecular flexibility index (Phi) is 5.96. The first-order valence-electron chi connectivity index (χ1n) is 10.4. The van der Waals surface area contributed by atoms with Crippen molar-refractivity contribution in [1.82, 2.24) is 0 Å². The van der Waals surface area contributed by atoms with Crippen LogP contribution < -0.4 is 0 Å². The summed E-state index contributed by atoms with van der Waals surface area (Å²) in [5.74, 6) is -1.30. The summed E-state index contributed by atoms with van der Waals surface area (Å²) in [6, 6.07) is 20.3. The second-order valence-corrected chi connectivity index (χ2v) is 7.75. The van der Waals surface area contributed by atoms with Crippen LogP contribution >= 0.6 is 0 Å². The molecule has 1 unspecified atom stereocenters. The van der Waals surface area contributed by atoms with E-state index in [4.69, 9.17) is 4.74 Å². The number of carbonyl (C=O) groups excluding carboxylic acids is 1. The number of aliphatic hydroxyl groups is 1. The molecule has 154 valence electrons. The predicted molar refractivity (Wildman–Crippen MR) is 115 cm³/mol. The number of carbonyl (C=O) groups is 1. The van der Waals surface area contributed by atoms with Gasteiger partial charge in [-0.3, -0.25) is 0 Å². The molecule has 0 saturated heterocycles. The Balaban J connectivity index is 1.40. The van der Waals surface area contributed by atoms with Gasteiger partial charge in [-0.2, -0.15) is 0 Å². The van der Waals surface area contributed by atoms with Crippen molar-refractivity contribution >= 4 is 5.97 Å². The molecule has 4 heteroatoms. The first-order chi connectivity index (χ1) is 14.6. The Morgan fingerprint density at radius 3 is 2.20 bits per heavy atom. The van der Waals surface area contributed by atoms with Crippen LogP contribution in [-0.4, -0.2) is 17.2 Å². The van der Waals surface area contributed by atoms with Crippen LogP contribution in [0.4, 0.5) is 4.39 Å². The Labute approximate surface area is 176 Å². The number of rotatable bonds is 6. The van der Waals surface area contributed by atoms with Gasteiger partial charge in [-0.05, 0) is 47.1 Å². The highest BCUT2D eigenvalue weighted by atomic mass is 19.1. The summed E-state index contributed by atoms with van der Waals surface area (Å²) >= 11 is 0. The average Bonchev–Trinajstić information content (AvgIpc) is 2.78. The summed E-state index contributed by atoms with van der Waals surface area (Å²) in [5, 5.41) is 9.19. The van der Waals surface area contributed by atoms with Crippen LogP contribution in [0.3, 0.4) is 0 Å².